The Morgan fingerprint density at radius 2 is 1.83 bits per heavy atom. The molecule has 1 fully saturated rings. The number of aryl methyl sites for hydroxylation is 1. The summed E-state index contributed by atoms with van der Waals surface area (Å²) in [6.07, 6.45) is 1.25. The van der Waals surface area contributed by atoms with Gasteiger partial charge in [-0.1, -0.05) is 30.3 Å². The molecule has 0 bridgehead atoms. The molecule has 1 saturated heterocycles. The van der Waals surface area contributed by atoms with Crippen LogP contribution in [0.15, 0.2) is 53.3 Å². The summed E-state index contributed by atoms with van der Waals surface area (Å²) in [5.41, 5.74) is 1.91. The first-order valence-electron chi connectivity index (χ1n) is 9.76. The maximum atomic E-state index is 13.7. The van der Waals surface area contributed by atoms with Gasteiger partial charge in [-0.25, -0.2) is 9.37 Å². The van der Waals surface area contributed by atoms with Crippen molar-refractivity contribution in [3.05, 3.63) is 70.3 Å². The van der Waals surface area contributed by atoms with Crippen LogP contribution in [0.2, 0.25) is 0 Å². The van der Waals surface area contributed by atoms with Crippen LogP contribution in [0.3, 0.4) is 0 Å². The Morgan fingerprint density at radius 3 is 2.59 bits per heavy atom. The molecule has 1 N–H and O–H groups in total. The fourth-order valence-corrected chi connectivity index (χ4v) is 3.79. The van der Waals surface area contributed by atoms with Crippen molar-refractivity contribution < 1.29 is 9.18 Å². The number of halogens is 1. The van der Waals surface area contributed by atoms with Crippen molar-refractivity contribution in [2.75, 3.05) is 18.0 Å². The van der Waals surface area contributed by atoms with Gasteiger partial charge in [0.05, 0.1) is 11.0 Å². The zero-order valence-electron chi connectivity index (χ0n) is 16.3. The van der Waals surface area contributed by atoms with Crippen LogP contribution in [0.1, 0.15) is 18.4 Å². The number of aromatic nitrogens is 2. The number of anilines is 1. The van der Waals surface area contributed by atoms with E-state index < -0.39 is 0 Å². The topological polar surface area (TPSA) is 67.2 Å². The highest BCUT2D eigenvalue weighted by molar-refractivity contribution is 5.79. The van der Waals surface area contributed by atoms with Crippen molar-refractivity contribution in [2.24, 2.45) is 13.0 Å². The van der Waals surface area contributed by atoms with E-state index in [4.69, 9.17) is 0 Å². The molecular formula is C22H23FN4O2. The Hall–Kier alpha value is -3.22. The van der Waals surface area contributed by atoms with E-state index in [-0.39, 0.29) is 29.7 Å². The summed E-state index contributed by atoms with van der Waals surface area (Å²) >= 11 is 0. The summed E-state index contributed by atoms with van der Waals surface area (Å²) in [7, 11) is 1.75. The number of piperidine rings is 1. The second-order valence-electron chi connectivity index (χ2n) is 7.36. The van der Waals surface area contributed by atoms with E-state index in [9.17, 15) is 14.0 Å². The van der Waals surface area contributed by atoms with Gasteiger partial charge in [0.25, 0.3) is 5.56 Å². The highest BCUT2D eigenvalue weighted by atomic mass is 19.1. The third-order valence-corrected chi connectivity index (χ3v) is 5.54. The Balaban J connectivity index is 1.41. The van der Waals surface area contributed by atoms with Crippen LogP contribution in [-0.4, -0.2) is 28.5 Å². The van der Waals surface area contributed by atoms with Crippen LogP contribution in [0.4, 0.5) is 10.2 Å². The van der Waals surface area contributed by atoms with Crippen LogP contribution in [-0.2, 0) is 18.4 Å². The lowest BCUT2D eigenvalue weighted by Crippen LogP contribution is -2.43. The van der Waals surface area contributed by atoms with E-state index in [1.165, 1.54) is 6.07 Å². The molecule has 0 saturated carbocycles. The molecule has 1 amide bonds. The predicted octanol–water partition coefficient (Wildman–Crippen LogP) is 2.61. The molecule has 2 heterocycles. The van der Waals surface area contributed by atoms with Gasteiger partial charge in [-0.05, 0) is 31.0 Å². The minimum atomic E-state index is -0.319. The zero-order valence-corrected chi connectivity index (χ0v) is 16.3. The smallest absolute Gasteiger partial charge is 0.293 e. The van der Waals surface area contributed by atoms with Crippen LogP contribution in [0, 0.1) is 11.7 Å². The van der Waals surface area contributed by atoms with E-state index >= 15 is 0 Å². The third-order valence-electron chi connectivity index (χ3n) is 5.54. The largest absolute Gasteiger partial charge is 0.352 e. The number of hydrogen-bond donors (Lipinski definition) is 1. The minimum Gasteiger partial charge on any atom is -0.352 e. The molecule has 0 unspecified atom stereocenters. The molecule has 1 aromatic heterocycles. The number of carbonyl (C=O) groups is 1. The van der Waals surface area contributed by atoms with E-state index in [0.29, 0.717) is 37.3 Å². The fourth-order valence-electron chi connectivity index (χ4n) is 3.79. The van der Waals surface area contributed by atoms with Gasteiger partial charge in [0.2, 0.25) is 5.91 Å². The average Bonchev–Trinajstić information content (AvgIpc) is 2.75. The van der Waals surface area contributed by atoms with Crippen molar-refractivity contribution >= 4 is 22.8 Å². The zero-order chi connectivity index (χ0) is 20.4. The van der Waals surface area contributed by atoms with Gasteiger partial charge in [0.15, 0.2) is 5.82 Å². The Labute approximate surface area is 168 Å². The number of amides is 1. The number of benzene rings is 2. The van der Waals surface area contributed by atoms with E-state index in [1.54, 1.807) is 29.8 Å². The third kappa shape index (κ3) is 3.85. The van der Waals surface area contributed by atoms with Crippen molar-refractivity contribution in [1.29, 1.82) is 0 Å². The Morgan fingerprint density at radius 1 is 1.14 bits per heavy atom. The van der Waals surface area contributed by atoms with E-state index in [1.807, 2.05) is 29.2 Å². The van der Waals surface area contributed by atoms with Gasteiger partial charge < -0.3 is 14.8 Å². The molecule has 3 aromatic rings. The van der Waals surface area contributed by atoms with Gasteiger partial charge in [-0.2, -0.15) is 0 Å². The van der Waals surface area contributed by atoms with Crippen molar-refractivity contribution in [3.63, 3.8) is 0 Å². The van der Waals surface area contributed by atoms with Gasteiger partial charge in [0.1, 0.15) is 5.82 Å². The Kier molecular flexibility index (Phi) is 5.29. The first-order chi connectivity index (χ1) is 14.0. The number of hydrogen-bond acceptors (Lipinski definition) is 4. The maximum Gasteiger partial charge on any atom is 0.293 e. The van der Waals surface area contributed by atoms with Gasteiger partial charge in [-0.3, -0.25) is 9.59 Å². The number of rotatable bonds is 4. The van der Waals surface area contributed by atoms with Crippen molar-refractivity contribution in [2.45, 2.75) is 19.4 Å². The van der Waals surface area contributed by atoms with Gasteiger partial charge in [-0.15, -0.1) is 0 Å². The maximum absolute atomic E-state index is 13.7. The summed E-state index contributed by atoms with van der Waals surface area (Å²) in [5, 5.41) is 2.83. The number of fused-ring (bicyclic) bond motifs is 1. The number of nitrogens with zero attached hydrogens (tertiary/aromatic N) is 3. The van der Waals surface area contributed by atoms with Crippen LogP contribution < -0.4 is 15.8 Å². The van der Waals surface area contributed by atoms with Gasteiger partial charge >= 0.3 is 0 Å². The molecule has 1 aliphatic heterocycles. The van der Waals surface area contributed by atoms with E-state index in [2.05, 4.69) is 10.3 Å². The Bertz CT molecular complexity index is 1100. The second-order valence-corrected chi connectivity index (χ2v) is 7.36. The summed E-state index contributed by atoms with van der Waals surface area (Å²) < 4.78 is 15.3. The molecule has 0 spiro atoms. The molecule has 0 atom stereocenters. The molecule has 7 heteroatoms. The lowest BCUT2D eigenvalue weighted by atomic mass is 9.96. The highest BCUT2D eigenvalue weighted by Gasteiger charge is 2.27. The number of nitrogens with one attached hydrogen (secondary N) is 1. The standard InChI is InChI=1S/C22H23FN4O2/c1-26-19-9-5-4-8-18(19)25-20(22(26)29)27-12-10-15(11-13-27)21(28)24-14-16-6-2-3-7-17(16)23/h2-9,15H,10-14H2,1H3,(H,24,28). The van der Waals surface area contributed by atoms with Crippen LogP contribution in [0.25, 0.3) is 11.0 Å². The van der Waals surface area contributed by atoms with Crippen molar-refractivity contribution in [1.82, 2.24) is 14.9 Å². The van der Waals surface area contributed by atoms with Crippen molar-refractivity contribution in [3.8, 4) is 0 Å². The molecular weight excluding hydrogens is 371 g/mol. The molecule has 4 rings (SSSR count). The second kappa shape index (κ2) is 8.03. The number of carbonyl (C=O) groups excluding carboxylic acids is 1. The van der Waals surface area contributed by atoms with Gasteiger partial charge in [0, 0.05) is 38.2 Å². The normalized spacial score (nSPS) is 14.9. The summed E-state index contributed by atoms with van der Waals surface area (Å²) in [5.74, 6) is -0.119. The first kappa shape index (κ1) is 19.1. The molecule has 2 aromatic carbocycles. The quantitative estimate of drug-likeness (QED) is 0.739. The average molecular weight is 394 g/mol. The summed E-state index contributed by atoms with van der Waals surface area (Å²) in [4.78, 5) is 31.7. The molecule has 6 nitrogen and oxygen atoms in total. The van der Waals surface area contributed by atoms with Crippen LogP contribution in [0.5, 0.6) is 0 Å². The molecule has 0 radical (unpaired) electrons. The lowest BCUT2D eigenvalue weighted by molar-refractivity contribution is -0.125. The number of para-hydroxylation sites is 2. The summed E-state index contributed by atoms with van der Waals surface area (Å²) in [6, 6.07) is 14.0. The molecule has 150 valence electrons. The first-order valence-corrected chi connectivity index (χ1v) is 9.76. The minimum absolute atomic E-state index is 0.0766. The van der Waals surface area contributed by atoms with E-state index in [0.717, 1.165) is 11.0 Å². The highest BCUT2D eigenvalue weighted by Crippen LogP contribution is 2.22. The predicted molar refractivity (Wildman–Crippen MR) is 110 cm³/mol. The van der Waals surface area contributed by atoms with Crippen LogP contribution >= 0.6 is 0 Å². The SMILES string of the molecule is Cn1c(=O)c(N2CCC(C(=O)NCc3ccccc3F)CC2)nc2ccccc21. The lowest BCUT2D eigenvalue weighted by Gasteiger charge is -2.32. The molecule has 29 heavy (non-hydrogen) atoms. The summed E-state index contributed by atoms with van der Waals surface area (Å²) in [6.45, 7) is 1.34. The fraction of sp³-hybridized carbons (Fsp3) is 0.318. The molecule has 1 aliphatic rings. The monoisotopic (exact) mass is 394 g/mol. The molecule has 0 aliphatic carbocycles.